The molecule has 4 nitrogen and oxygen atoms in total. The second-order valence-electron chi connectivity index (χ2n) is 4.37. The number of nitrogens with zero attached hydrogens (tertiary/aromatic N) is 1. The van der Waals surface area contributed by atoms with Gasteiger partial charge >= 0.3 is 5.97 Å². The molecule has 2 rings (SSSR count). The molecule has 0 heterocycles. The predicted octanol–water partition coefficient (Wildman–Crippen LogP) is 2.14. The Kier molecular flexibility index (Phi) is 4.14. The molecule has 0 amide bonds. The van der Waals surface area contributed by atoms with Crippen molar-refractivity contribution in [1.29, 1.82) is 5.26 Å². The van der Waals surface area contributed by atoms with Gasteiger partial charge in [0.05, 0.1) is 0 Å². The number of carbonyl (C=O) groups excluding carboxylic acids is 1. The largest absolute Gasteiger partial charge is 0.374 e. The molecule has 20 heavy (non-hydrogen) atoms. The fourth-order valence-electron chi connectivity index (χ4n) is 2.02. The van der Waals surface area contributed by atoms with Crippen LogP contribution in [0.15, 0.2) is 60.7 Å². The zero-order valence-corrected chi connectivity index (χ0v) is 10.7. The summed E-state index contributed by atoms with van der Waals surface area (Å²) in [5.74, 6) is -0.977. The summed E-state index contributed by atoms with van der Waals surface area (Å²) in [6.07, 6.45) is 1.36. The first-order valence-electron chi connectivity index (χ1n) is 6.09. The van der Waals surface area contributed by atoms with Crippen molar-refractivity contribution in [2.75, 3.05) is 0 Å². The summed E-state index contributed by atoms with van der Waals surface area (Å²) in [5.41, 5.74) is -0.712. The molecule has 2 aromatic carbocycles. The molecule has 1 N–H and O–H groups in total. The number of rotatable bonds is 4. The first kappa shape index (κ1) is 13.8. The summed E-state index contributed by atoms with van der Waals surface area (Å²) in [6, 6.07) is 17.5. The maximum atomic E-state index is 12.0. The van der Waals surface area contributed by atoms with Crippen LogP contribution in [0.25, 0.3) is 0 Å². The van der Waals surface area contributed by atoms with E-state index in [2.05, 4.69) is 4.74 Å². The van der Waals surface area contributed by atoms with Gasteiger partial charge < -0.3 is 9.84 Å². The van der Waals surface area contributed by atoms with Crippen molar-refractivity contribution in [2.24, 2.45) is 0 Å². The van der Waals surface area contributed by atoms with Crippen LogP contribution in [0.1, 0.15) is 11.1 Å². The third-order valence-corrected chi connectivity index (χ3v) is 3.03. The molecule has 100 valence electrons. The highest BCUT2D eigenvalue weighted by Gasteiger charge is 2.40. The Morgan fingerprint density at radius 1 is 1.10 bits per heavy atom. The standard InChI is InChI=1S/C16H13NO3/c17-12-20-15(18)16(19,14-9-5-2-6-10-14)11-13-7-3-1-4-8-13/h1-10,19H,11H2. The summed E-state index contributed by atoms with van der Waals surface area (Å²) >= 11 is 0. The van der Waals surface area contributed by atoms with Crippen molar-refractivity contribution in [3.8, 4) is 6.26 Å². The van der Waals surface area contributed by atoms with Crippen LogP contribution in [-0.4, -0.2) is 11.1 Å². The lowest BCUT2D eigenvalue weighted by atomic mass is 9.87. The van der Waals surface area contributed by atoms with Gasteiger partial charge in [0.15, 0.2) is 5.60 Å². The van der Waals surface area contributed by atoms with Crippen LogP contribution in [0.3, 0.4) is 0 Å². The molecule has 0 radical (unpaired) electrons. The van der Waals surface area contributed by atoms with Crippen LogP contribution in [-0.2, 0) is 21.6 Å². The third kappa shape index (κ3) is 2.85. The van der Waals surface area contributed by atoms with E-state index >= 15 is 0 Å². The second-order valence-corrected chi connectivity index (χ2v) is 4.37. The number of aliphatic hydroxyl groups is 1. The first-order chi connectivity index (χ1) is 9.66. The zero-order valence-electron chi connectivity index (χ0n) is 10.7. The van der Waals surface area contributed by atoms with Gasteiger partial charge in [0, 0.05) is 6.42 Å². The van der Waals surface area contributed by atoms with Gasteiger partial charge in [0.2, 0.25) is 0 Å². The number of hydrogen-bond donors (Lipinski definition) is 1. The topological polar surface area (TPSA) is 70.3 Å². The highest BCUT2D eigenvalue weighted by Crippen LogP contribution is 2.27. The van der Waals surface area contributed by atoms with Crippen molar-refractivity contribution in [3.05, 3.63) is 71.8 Å². The van der Waals surface area contributed by atoms with E-state index in [4.69, 9.17) is 5.26 Å². The Morgan fingerprint density at radius 2 is 1.65 bits per heavy atom. The summed E-state index contributed by atoms with van der Waals surface area (Å²) in [6.45, 7) is 0. The average molecular weight is 267 g/mol. The van der Waals surface area contributed by atoms with Crippen LogP contribution < -0.4 is 0 Å². The molecule has 0 spiro atoms. The van der Waals surface area contributed by atoms with Crippen molar-refractivity contribution in [2.45, 2.75) is 12.0 Å². The van der Waals surface area contributed by atoms with E-state index in [9.17, 15) is 9.90 Å². The van der Waals surface area contributed by atoms with E-state index < -0.39 is 11.6 Å². The van der Waals surface area contributed by atoms with Crippen molar-refractivity contribution < 1.29 is 14.6 Å². The fourth-order valence-corrected chi connectivity index (χ4v) is 2.02. The van der Waals surface area contributed by atoms with Gasteiger partial charge in [-0.15, -0.1) is 5.26 Å². The summed E-state index contributed by atoms with van der Waals surface area (Å²) < 4.78 is 4.35. The molecular weight excluding hydrogens is 254 g/mol. The van der Waals surface area contributed by atoms with E-state index in [0.717, 1.165) is 5.56 Å². The fraction of sp³-hybridized carbons (Fsp3) is 0.125. The molecule has 4 heteroatoms. The Balaban J connectivity index is 2.40. The van der Waals surface area contributed by atoms with Crippen LogP contribution in [0, 0.1) is 11.5 Å². The van der Waals surface area contributed by atoms with Gasteiger partial charge in [-0.05, 0) is 11.1 Å². The Morgan fingerprint density at radius 3 is 2.20 bits per heavy atom. The summed E-state index contributed by atoms with van der Waals surface area (Å²) in [4.78, 5) is 12.0. The molecule has 1 atom stereocenters. The third-order valence-electron chi connectivity index (χ3n) is 3.03. The van der Waals surface area contributed by atoms with Crippen molar-refractivity contribution >= 4 is 5.97 Å². The van der Waals surface area contributed by atoms with E-state index in [1.165, 1.54) is 6.26 Å². The SMILES string of the molecule is N#COC(=O)C(O)(Cc1ccccc1)c1ccccc1. The number of benzene rings is 2. The molecule has 0 bridgehead atoms. The zero-order chi connectivity index (χ0) is 14.4. The number of hydrogen-bond acceptors (Lipinski definition) is 4. The lowest BCUT2D eigenvalue weighted by Crippen LogP contribution is -2.38. The number of ether oxygens (including phenoxy) is 1. The maximum absolute atomic E-state index is 12.0. The minimum absolute atomic E-state index is 0.0400. The van der Waals surface area contributed by atoms with Crippen LogP contribution in [0.2, 0.25) is 0 Å². The van der Waals surface area contributed by atoms with Crippen molar-refractivity contribution in [3.63, 3.8) is 0 Å². The Hall–Kier alpha value is -2.64. The molecule has 2 aromatic rings. The maximum Gasteiger partial charge on any atom is 0.358 e. The minimum atomic E-state index is -1.88. The van der Waals surface area contributed by atoms with Crippen LogP contribution in [0.4, 0.5) is 0 Å². The molecule has 0 saturated carbocycles. The van der Waals surface area contributed by atoms with E-state index in [1.807, 2.05) is 18.2 Å². The van der Waals surface area contributed by atoms with Gasteiger partial charge in [0.1, 0.15) is 0 Å². The summed E-state index contributed by atoms with van der Waals surface area (Å²) in [5, 5.41) is 19.2. The number of esters is 1. The molecule has 0 aliphatic carbocycles. The average Bonchev–Trinajstić information content (AvgIpc) is 2.49. The predicted molar refractivity (Wildman–Crippen MR) is 72.2 cm³/mol. The lowest BCUT2D eigenvalue weighted by Gasteiger charge is -2.25. The molecular formula is C16H13NO3. The first-order valence-corrected chi connectivity index (χ1v) is 6.09. The highest BCUT2D eigenvalue weighted by atomic mass is 16.5. The molecule has 0 aliphatic heterocycles. The minimum Gasteiger partial charge on any atom is -0.374 e. The van der Waals surface area contributed by atoms with E-state index in [1.54, 1.807) is 42.5 Å². The van der Waals surface area contributed by atoms with Gasteiger partial charge in [0.25, 0.3) is 6.26 Å². The van der Waals surface area contributed by atoms with Crippen LogP contribution in [0.5, 0.6) is 0 Å². The second kappa shape index (κ2) is 6.00. The highest BCUT2D eigenvalue weighted by molar-refractivity contribution is 5.82. The van der Waals surface area contributed by atoms with E-state index in [0.29, 0.717) is 5.56 Å². The molecule has 0 aromatic heterocycles. The lowest BCUT2D eigenvalue weighted by molar-refractivity contribution is -0.159. The van der Waals surface area contributed by atoms with Gasteiger partial charge in [-0.2, -0.15) is 0 Å². The monoisotopic (exact) mass is 267 g/mol. The number of carbonyl (C=O) groups is 1. The molecule has 0 aliphatic rings. The molecule has 0 saturated heterocycles. The molecule has 0 fully saturated rings. The normalized spacial score (nSPS) is 13.0. The quantitative estimate of drug-likeness (QED) is 0.680. The van der Waals surface area contributed by atoms with Crippen LogP contribution >= 0.6 is 0 Å². The van der Waals surface area contributed by atoms with Gasteiger partial charge in [-0.25, -0.2) is 4.79 Å². The van der Waals surface area contributed by atoms with Crippen molar-refractivity contribution in [1.82, 2.24) is 0 Å². The number of nitriles is 1. The molecule has 1 unspecified atom stereocenters. The smallest absolute Gasteiger partial charge is 0.358 e. The van der Waals surface area contributed by atoms with E-state index in [-0.39, 0.29) is 6.42 Å². The Bertz CT molecular complexity index is 619. The Labute approximate surface area is 116 Å². The van der Waals surface area contributed by atoms with Gasteiger partial charge in [-0.3, -0.25) is 0 Å². The summed E-state index contributed by atoms with van der Waals surface area (Å²) in [7, 11) is 0. The van der Waals surface area contributed by atoms with Gasteiger partial charge in [-0.1, -0.05) is 60.7 Å².